The summed E-state index contributed by atoms with van der Waals surface area (Å²) in [6.45, 7) is 2.94. The maximum absolute atomic E-state index is 11.4. The van der Waals surface area contributed by atoms with Gasteiger partial charge in [-0.25, -0.2) is 0 Å². The third-order valence-electron chi connectivity index (χ3n) is 4.56. The monoisotopic (exact) mass is 289 g/mol. The number of nitro benzene ring substituents is 1. The number of rotatable bonds is 4. The fourth-order valence-corrected chi connectivity index (χ4v) is 3.27. The molecule has 0 radical (unpaired) electrons. The number of hydrogen-bond acceptors (Lipinski definition) is 4. The summed E-state index contributed by atoms with van der Waals surface area (Å²) in [4.78, 5) is 22.3. The van der Waals surface area contributed by atoms with Crippen molar-refractivity contribution in [1.82, 2.24) is 0 Å². The molecule has 0 unspecified atom stereocenters. The molecular weight excluding hydrogens is 270 g/mol. The zero-order valence-corrected chi connectivity index (χ0v) is 12.1. The van der Waals surface area contributed by atoms with Crippen LogP contribution in [0.25, 0.3) is 0 Å². The Bertz CT molecular complexity index is 606. The van der Waals surface area contributed by atoms with Crippen LogP contribution in [-0.4, -0.2) is 17.4 Å². The number of amides is 1. The predicted molar refractivity (Wildman–Crippen MR) is 80.5 cm³/mol. The molecule has 0 bridgehead atoms. The number of nitrogens with zero attached hydrogens (tertiary/aromatic N) is 1. The first-order valence-corrected chi connectivity index (χ1v) is 7.32. The minimum Gasteiger partial charge on any atom is -0.379 e. The smallest absolute Gasteiger partial charge is 0.292 e. The minimum atomic E-state index is -0.387. The Hall–Kier alpha value is -2.11. The van der Waals surface area contributed by atoms with Crippen molar-refractivity contribution in [3.8, 4) is 0 Å². The molecule has 0 saturated heterocycles. The fraction of sp³-hybridized carbons (Fsp3) is 0.533. The van der Waals surface area contributed by atoms with Crippen molar-refractivity contribution in [2.75, 3.05) is 17.2 Å². The molecule has 1 aliphatic carbocycles. The maximum Gasteiger partial charge on any atom is 0.292 e. The van der Waals surface area contributed by atoms with E-state index in [4.69, 9.17) is 0 Å². The van der Waals surface area contributed by atoms with Gasteiger partial charge in [-0.1, -0.05) is 19.8 Å². The van der Waals surface area contributed by atoms with Gasteiger partial charge in [0.15, 0.2) is 0 Å². The first-order valence-electron chi connectivity index (χ1n) is 7.32. The quantitative estimate of drug-likeness (QED) is 0.659. The van der Waals surface area contributed by atoms with Crippen LogP contribution in [0.1, 0.15) is 38.2 Å². The van der Waals surface area contributed by atoms with E-state index >= 15 is 0 Å². The predicted octanol–water partition coefficient (Wildman–Crippen LogP) is 3.08. The molecule has 1 aliphatic heterocycles. The van der Waals surface area contributed by atoms with Gasteiger partial charge in [-0.3, -0.25) is 14.9 Å². The standard InChI is InChI=1S/C15H19N3O3/c1-15(4-2-3-5-15)9-16-12-8-11-10(7-14(19)17-11)6-13(12)18(20)21/h6,8,16H,2-5,7,9H2,1H3,(H,17,19). The van der Waals surface area contributed by atoms with Crippen LogP contribution >= 0.6 is 0 Å². The molecule has 0 aromatic heterocycles. The van der Waals surface area contributed by atoms with E-state index in [0.717, 1.165) is 19.4 Å². The van der Waals surface area contributed by atoms with E-state index in [0.29, 0.717) is 16.9 Å². The molecule has 1 heterocycles. The van der Waals surface area contributed by atoms with Crippen molar-refractivity contribution >= 4 is 23.0 Å². The lowest BCUT2D eigenvalue weighted by Crippen LogP contribution is -2.23. The summed E-state index contributed by atoms with van der Waals surface area (Å²) in [5, 5.41) is 17.2. The Balaban J connectivity index is 1.85. The third-order valence-corrected chi connectivity index (χ3v) is 4.56. The van der Waals surface area contributed by atoms with Crippen molar-refractivity contribution < 1.29 is 9.72 Å². The normalized spacial score (nSPS) is 19.2. The van der Waals surface area contributed by atoms with Crippen LogP contribution in [0.3, 0.4) is 0 Å². The number of carbonyl (C=O) groups is 1. The van der Waals surface area contributed by atoms with Gasteiger partial charge in [0.2, 0.25) is 5.91 Å². The second kappa shape index (κ2) is 5.02. The molecule has 0 spiro atoms. The first-order chi connectivity index (χ1) is 9.97. The third kappa shape index (κ3) is 2.70. The number of hydrogen-bond donors (Lipinski definition) is 2. The van der Waals surface area contributed by atoms with Crippen LogP contribution < -0.4 is 10.6 Å². The second-order valence-electron chi connectivity index (χ2n) is 6.38. The van der Waals surface area contributed by atoms with Crippen molar-refractivity contribution in [3.63, 3.8) is 0 Å². The van der Waals surface area contributed by atoms with E-state index in [9.17, 15) is 14.9 Å². The molecule has 0 atom stereocenters. The molecule has 6 nitrogen and oxygen atoms in total. The summed E-state index contributed by atoms with van der Waals surface area (Å²) in [5.74, 6) is -0.112. The van der Waals surface area contributed by atoms with Crippen LogP contribution in [0.5, 0.6) is 0 Å². The zero-order valence-electron chi connectivity index (χ0n) is 12.1. The Morgan fingerprint density at radius 1 is 1.38 bits per heavy atom. The molecule has 112 valence electrons. The molecule has 2 N–H and O–H groups in total. The van der Waals surface area contributed by atoms with Gasteiger partial charge in [-0.15, -0.1) is 0 Å². The van der Waals surface area contributed by atoms with Gasteiger partial charge in [0.05, 0.1) is 11.3 Å². The zero-order chi connectivity index (χ0) is 15.0. The molecule has 2 aliphatic rings. The molecule has 3 rings (SSSR count). The SMILES string of the molecule is CC1(CNc2cc3c(cc2[N+](=O)[O-])CC(=O)N3)CCCC1. The minimum absolute atomic E-state index is 0.0480. The van der Waals surface area contributed by atoms with Gasteiger partial charge < -0.3 is 10.6 Å². The van der Waals surface area contributed by atoms with Crippen LogP contribution in [-0.2, 0) is 11.2 Å². The van der Waals surface area contributed by atoms with E-state index in [1.807, 2.05) is 0 Å². The topological polar surface area (TPSA) is 84.3 Å². The van der Waals surface area contributed by atoms with E-state index in [-0.39, 0.29) is 28.4 Å². The Morgan fingerprint density at radius 2 is 2.10 bits per heavy atom. The lowest BCUT2D eigenvalue weighted by atomic mass is 9.89. The number of nitro groups is 1. The van der Waals surface area contributed by atoms with Crippen LogP contribution in [0.2, 0.25) is 0 Å². The van der Waals surface area contributed by atoms with E-state index in [1.54, 1.807) is 6.07 Å². The summed E-state index contributed by atoms with van der Waals surface area (Å²) in [5.41, 5.74) is 2.13. The maximum atomic E-state index is 11.4. The van der Waals surface area contributed by atoms with E-state index in [1.165, 1.54) is 18.9 Å². The molecule has 1 fully saturated rings. The highest BCUT2D eigenvalue weighted by Crippen LogP contribution is 2.39. The number of carbonyl (C=O) groups excluding carboxylic acids is 1. The summed E-state index contributed by atoms with van der Waals surface area (Å²) >= 11 is 0. The molecule has 1 amide bonds. The average Bonchev–Trinajstić information content (AvgIpc) is 3.00. The van der Waals surface area contributed by atoms with Crippen LogP contribution in [0, 0.1) is 15.5 Å². The van der Waals surface area contributed by atoms with Gasteiger partial charge in [-0.05, 0) is 29.9 Å². The molecule has 21 heavy (non-hydrogen) atoms. The molecule has 1 aromatic rings. The Labute approximate surface area is 123 Å². The highest BCUT2D eigenvalue weighted by molar-refractivity contribution is 6.00. The number of anilines is 2. The van der Waals surface area contributed by atoms with Gasteiger partial charge >= 0.3 is 0 Å². The summed E-state index contributed by atoms with van der Waals surface area (Å²) in [6.07, 6.45) is 4.96. The van der Waals surface area contributed by atoms with Gasteiger partial charge in [-0.2, -0.15) is 0 Å². The van der Waals surface area contributed by atoms with E-state index < -0.39 is 0 Å². The number of benzene rings is 1. The largest absolute Gasteiger partial charge is 0.379 e. The lowest BCUT2D eigenvalue weighted by Gasteiger charge is -2.24. The second-order valence-corrected chi connectivity index (χ2v) is 6.38. The highest BCUT2D eigenvalue weighted by atomic mass is 16.6. The van der Waals surface area contributed by atoms with Crippen LogP contribution in [0.4, 0.5) is 17.1 Å². The lowest BCUT2D eigenvalue weighted by molar-refractivity contribution is -0.384. The average molecular weight is 289 g/mol. The van der Waals surface area contributed by atoms with Gasteiger partial charge in [0, 0.05) is 18.3 Å². The Kier molecular flexibility index (Phi) is 3.31. The van der Waals surface area contributed by atoms with Crippen LogP contribution in [0.15, 0.2) is 12.1 Å². The van der Waals surface area contributed by atoms with Crippen molar-refractivity contribution in [1.29, 1.82) is 0 Å². The fourth-order valence-electron chi connectivity index (χ4n) is 3.27. The molecule has 1 aromatic carbocycles. The summed E-state index contributed by atoms with van der Waals surface area (Å²) < 4.78 is 0. The Morgan fingerprint density at radius 3 is 2.76 bits per heavy atom. The molecule has 6 heteroatoms. The van der Waals surface area contributed by atoms with E-state index in [2.05, 4.69) is 17.6 Å². The molecule has 1 saturated carbocycles. The number of fused-ring (bicyclic) bond motifs is 1. The van der Waals surface area contributed by atoms with Crippen molar-refractivity contribution in [2.24, 2.45) is 5.41 Å². The van der Waals surface area contributed by atoms with Gasteiger partial charge in [0.25, 0.3) is 5.69 Å². The summed E-state index contributed by atoms with van der Waals surface area (Å²) in [6, 6.07) is 3.20. The summed E-state index contributed by atoms with van der Waals surface area (Å²) in [7, 11) is 0. The molecular formula is C15H19N3O3. The van der Waals surface area contributed by atoms with Gasteiger partial charge in [0.1, 0.15) is 5.69 Å². The first kappa shape index (κ1) is 13.9. The highest BCUT2D eigenvalue weighted by Gasteiger charge is 2.30. The van der Waals surface area contributed by atoms with Crippen molar-refractivity contribution in [3.05, 3.63) is 27.8 Å². The van der Waals surface area contributed by atoms with Crippen molar-refractivity contribution in [2.45, 2.75) is 39.0 Å². The number of nitrogens with one attached hydrogen (secondary N) is 2.